The SMILES string of the molecule is CCC(C)(CC)I=N. The third kappa shape index (κ3) is 2.20. The summed E-state index contributed by atoms with van der Waals surface area (Å²) < 4.78 is 7.67. The van der Waals surface area contributed by atoms with Crippen LogP contribution in [0.1, 0.15) is 33.6 Å². The fourth-order valence-electron chi connectivity index (χ4n) is 0.384. The van der Waals surface area contributed by atoms with Gasteiger partial charge < -0.3 is 0 Å². The Hall–Kier alpha value is 0.530. The van der Waals surface area contributed by atoms with Gasteiger partial charge in [-0.2, -0.15) is 0 Å². The lowest BCUT2D eigenvalue weighted by molar-refractivity contribution is 0.630. The van der Waals surface area contributed by atoms with Crippen molar-refractivity contribution in [2.45, 2.75) is 37.0 Å². The van der Waals surface area contributed by atoms with Crippen LogP contribution in [0.5, 0.6) is 0 Å². The van der Waals surface area contributed by atoms with Gasteiger partial charge in [0.25, 0.3) is 0 Å². The third-order valence-corrected chi connectivity index (χ3v) is 4.53. The van der Waals surface area contributed by atoms with Gasteiger partial charge in [-0.1, -0.05) is 13.8 Å². The first-order valence-electron chi connectivity index (χ1n) is 3.00. The molecule has 0 bridgehead atoms. The Morgan fingerprint density at radius 2 is 1.75 bits per heavy atom. The predicted octanol–water partition coefficient (Wildman–Crippen LogP) is 3.30. The summed E-state index contributed by atoms with van der Waals surface area (Å²) in [6.45, 7) is 6.57. The van der Waals surface area contributed by atoms with Crippen molar-refractivity contribution < 1.29 is 0 Å². The van der Waals surface area contributed by atoms with Crippen molar-refractivity contribution >= 4 is 21.0 Å². The molecule has 8 heavy (non-hydrogen) atoms. The molecule has 0 atom stereocenters. The van der Waals surface area contributed by atoms with E-state index in [-0.39, 0.29) is 21.0 Å². The van der Waals surface area contributed by atoms with Crippen molar-refractivity contribution in [3.63, 3.8) is 0 Å². The number of rotatable bonds is 3. The summed E-state index contributed by atoms with van der Waals surface area (Å²) in [4.78, 5) is 0. The first kappa shape index (κ1) is 8.53. The highest BCUT2D eigenvalue weighted by Gasteiger charge is 2.15. The Morgan fingerprint density at radius 3 is 1.75 bits per heavy atom. The fraction of sp³-hybridized carbons (Fsp3) is 1.00. The highest BCUT2D eigenvalue weighted by Crippen LogP contribution is 2.30. The van der Waals surface area contributed by atoms with E-state index in [1.807, 2.05) is 0 Å². The van der Waals surface area contributed by atoms with Gasteiger partial charge in [0, 0.05) is 3.42 Å². The quantitative estimate of drug-likeness (QED) is 0.565. The normalized spacial score (nSPS) is 11.9. The van der Waals surface area contributed by atoms with Crippen LogP contribution in [-0.4, -0.2) is 3.42 Å². The lowest BCUT2D eigenvalue weighted by Crippen LogP contribution is -2.11. The Labute approximate surface area is 61.8 Å². The largest absolute Gasteiger partial charge is 0.278 e. The lowest BCUT2D eigenvalue weighted by atomic mass is 10.1. The molecule has 0 aliphatic heterocycles. The minimum absolute atomic E-state index is 0.292. The first-order chi connectivity index (χ1) is 3.68. The van der Waals surface area contributed by atoms with Crippen molar-refractivity contribution in [3.05, 3.63) is 0 Å². The molecule has 0 fully saturated rings. The van der Waals surface area contributed by atoms with Gasteiger partial charge >= 0.3 is 0 Å². The van der Waals surface area contributed by atoms with E-state index in [1.54, 1.807) is 0 Å². The van der Waals surface area contributed by atoms with Gasteiger partial charge in [-0.25, -0.2) is 0 Å². The number of halogens is 1. The van der Waals surface area contributed by atoms with Crippen molar-refractivity contribution in [2.75, 3.05) is 0 Å². The molecule has 0 unspecified atom stereocenters. The molecule has 1 N–H and O–H groups in total. The molecule has 0 aromatic carbocycles. The Kier molecular flexibility index (Phi) is 3.77. The average Bonchev–Trinajstić information content (AvgIpc) is 1.87. The van der Waals surface area contributed by atoms with Crippen LogP contribution in [0.4, 0.5) is 0 Å². The van der Waals surface area contributed by atoms with Gasteiger partial charge in [0.05, 0.1) is 0 Å². The number of alkyl halides is 1. The molecule has 0 spiro atoms. The summed E-state index contributed by atoms with van der Waals surface area (Å²) in [6, 6.07) is 0. The first-order valence-corrected chi connectivity index (χ1v) is 5.16. The van der Waals surface area contributed by atoms with Gasteiger partial charge in [-0.15, -0.1) is 0 Å². The van der Waals surface area contributed by atoms with Gasteiger partial charge in [0.2, 0.25) is 0 Å². The number of hydrogen-bond donors (Lipinski definition) is 1. The molecule has 2 heteroatoms. The second kappa shape index (κ2) is 3.54. The van der Waals surface area contributed by atoms with Crippen LogP contribution < -0.4 is 0 Å². The van der Waals surface area contributed by atoms with E-state index in [4.69, 9.17) is 3.56 Å². The molecule has 0 amide bonds. The predicted molar refractivity (Wildman–Crippen MR) is 45.7 cm³/mol. The van der Waals surface area contributed by atoms with Crippen LogP contribution >= 0.6 is 21.0 Å². The highest BCUT2D eigenvalue weighted by molar-refractivity contribution is 14.2. The van der Waals surface area contributed by atoms with Crippen LogP contribution in [0.3, 0.4) is 0 Å². The summed E-state index contributed by atoms with van der Waals surface area (Å²) in [6.07, 6.45) is 2.36. The van der Waals surface area contributed by atoms with E-state index in [2.05, 4.69) is 20.8 Å². The summed E-state index contributed by atoms with van der Waals surface area (Å²) >= 11 is -0.292. The van der Waals surface area contributed by atoms with E-state index in [9.17, 15) is 0 Å². The van der Waals surface area contributed by atoms with E-state index >= 15 is 0 Å². The van der Waals surface area contributed by atoms with Crippen molar-refractivity contribution in [1.29, 1.82) is 3.56 Å². The van der Waals surface area contributed by atoms with Crippen LogP contribution in [-0.2, 0) is 0 Å². The van der Waals surface area contributed by atoms with E-state index in [1.165, 1.54) is 12.8 Å². The zero-order valence-electron chi connectivity index (χ0n) is 5.79. The third-order valence-electron chi connectivity index (χ3n) is 1.70. The average molecular weight is 227 g/mol. The molecule has 0 aliphatic rings. The van der Waals surface area contributed by atoms with Gasteiger partial charge in [-0.05, 0) is 40.8 Å². The van der Waals surface area contributed by atoms with Gasteiger partial charge in [0.1, 0.15) is 0 Å². The van der Waals surface area contributed by atoms with E-state index < -0.39 is 0 Å². The maximum atomic E-state index is 7.27. The number of nitrogens with one attached hydrogen (secondary N) is 1. The Bertz CT molecular complexity index is 76.6. The standard InChI is InChI=1S/C6H14IN/c1-4-6(3,5-2)7-8/h8H,4-5H2,1-3H3. The summed E-state index contributed by atoms with van der Waals surface area (Å²) in [5.41, 5.74) is 0. The molecule has 50 valence electrons. The maximum Gasteiger partial charge on any atom is 0.0302 e. The van der Waals surface area contributed by atoms with Crippen LogP contribution in [0.15, 0.2) is 0 Å². The maximum absolute atomic E-state index is 7.27. The lowest BCUT2D eigenvalue weighted by Gasteiger charge is -2.17. The van der Waals surface area contributed by atoms with E-state index in [0.717, 1.165) is 0 Å². The Morgan fingerprint density at radius 1 is 1.38 bits per heavy atom. The summed E-state index contributed by atoms with van der Waals surface area (Å²) in [5, 5.41) is 0. The number of hydrogen-bond acceptors (Lipinski definition) is 1. The highest BCUT2D eigenvalue weighted by atomic mass is 127. The second-order valence-electron chi connectivity index (χ2n) is 2.21. The smallest absolute Gasteiger partial charge is 0.0302 e. The van der Waals surface area contributed by atoms with Gasteiger partial charge in [-0.3, -0.25) is 3.56 Å². The zero-order chi connectivity index (χ0) is 6.62. The molecule has 0 saturated carbocycles. The molecule has 0 rings (SSSR count). The summed E-state index contributed by atoms with van der Waals surface area (Å²) in [7, 11) is 0. The summed E-state index contributed by atoms with van der Waals surface area (Å²) in [5.74, 6) is 0. The van der Waals surface area contributed by atoms with Crippen molar-refractivity contribution in [2.24, 2.45) is 0 Å². The van der Waals surface area contributed by atoms with Crippen LogP contribution in [0.25, 0.3) is 0 Å². The molecule has 0 heterocycles. The topological polar surface area (TPSA) is 23.9 Å². The van der Waals surface area contributed by atoms with Crippen molar-refractivity contribution in [3.8, 4) is 0 Å². The monoisotopic (exact) mass is 227 g/mol. The van der Waals surface area contributed by atoms with Crippen LogP contribution in [0, 0.1) is 3.56 Å². The molecule has 0 aliphatic carbocycles. The molecule has 1 nitrogen and oxygen atoms in total. The molecule has 0 radical (unpaired) electrons. The molecular weight excluding hydrogens is 213 g/mol. The zero-order valence-corrected chi connectivity index (χ0v) is 7.95. The molecular formula is C6H14IN. The van der Waals surface area contributed by atoms with E-state index in [0.29, 0.717) is 3.42 Å². The van der Waals surface area contributed by atoms with Gasteiger partial charge in [0.15, 0.2) is 0 Å². The van der Waals surface area contributed by atoms with Crippen molar-refractivity contribution in [1.82, 2.24) is 0 Å². The fourth-order valence-corrected chi connectivity index (χ4v) is 1.15. The minimum atomic E-state index is -0.292. The molecule has 0 saturated heterocycles. The molecule has 0 aromatic heterocycles. The Balaban J connectivity index is 3.76. The second-order valence-corrected chi connectivity index (χ2v) is 5.36. The van der Waals surface area contributed by atoms with Crippen LogP contribution in [0.2, 0.25) is 0 Å². The minimum Gasteiger partial charge on any atom is -0.278 e. The molecule has 0 aromatic rings.